The standard InChI is InChI=1S/C18H20BrN3O2S/c19-15-9-20-18(21-10-15)24-16-7-4-8-22(11-16)17(23)13-25-12-14-5-2-1-3-6-14/h1-3,5-6,9-10,16H,4,7-8,11-13H2. The molecule has 1 aliphatic heterocycles. The lowest BCUT2D eigenvalue weighted by atomic mass is 10.1. The molecule has 1 amide bonds. The first-order valence-electron chi connectivity index (χ1n) is 8.24. The van der Waals surface area contributed by atoms with Gasteiger partial charge >= 0.3 is 6.01 Å². The Labute approximate surface area is 160 Å². The van der Waals surface area contributed by atoms with Crippen LogP contribution in [-0.2, 0) is 10.5 Å². The topological polar surface area (TPSA) is 55.3 Å². The van der Waals surface area contributed by atoms with Crippen LogP contribution in [0.2, 0.25) is 0 Å². The number of aromatic nitrogens is 2. The molecule has 3 rings (SSSR count). The van der Waals surface area contributed by atoms with Crippen molar-refractivity contribution in [3.63, 3.8) is 0 Å². The van der Waals surface area contributed by atoms with Crippen molar-refractivity contribution in [3.05, 3.63) is 52.8 Å². The van der Waals surface area contributed by atoms with E-state index in [2.05, 4.69) is 38.0 Å². The number of halogens is 1. The molecule has 2 aromatic rings. The highest BCUT2D eigenvalue weighted by Gasteiger charge is 2.25. The van der Waals surface area contributed by atoms with Gasteiger partial charge in [-0.25, -0.2) is 9.97 Å². The quantitative estimate of drug-likeness (QED) is 0.713. The van der Waals surface area contributed by atoms with Crippen LogP contribution in [0.5, 0.6) is 6.01 Å². The van der Waals surface area contributed by atoms with E-state index >= 15 is 0 Å². The van der Waals surface area contributed by atoms with E-state index in [9.17, 15) is 4.79 Å². The summed E-state index contributed by atoms with van der Waals surface area (Å²) in [6.07, 6.45) is 5.14. The summed E-state index contributed by atoms with van der Waals surface area (Å²) < 4.78 is 6.64. The van der Waals surface area contributed by atoms with Crippen molar-refractivity contribution >= 4 is 33.6 Å². The maximum Gasteiger partial charge on any atom is 0.316 e. The Morgan fingerprint density at radius 1 is 1.28 bits per heavy atom. The first-order chi connectivity index (χ1) is 12.2. The van der Waals surface area contributed by atoms with Crippen molar-refractivity contribution in [2.75, 3.05) is 18.8 Å². The number of likely N-dealkylation sites (tertiary alicyclic amines) is 1. The summed E-state index contributed by atoms with van der Waals surface area (Å²) in [6, 6.07) is 10.6. The van der Waals surface area contributed by atoms with Crippen molar-refractivity contribution in [2.45, 2.75) is 24.7 Å². The number of carbonyl (C=O) groups is 1. The van der Waals surface area contributed by atoms with E-state index in [0.717, 1.165) is 29.6 Å². The number of benzene rings is 1. The number of piperidine rings is 1. The first kappa shape index (κ1) is 18.2. The highest BCUT2D eigenvalue weighted by molar-refractivity contribution is 9.10. The summed E-state index contributed by atoms with van der Waals surface area (Å²) in [6.45, 7) is 1.40. The lowest BCUT2D eigenvalue weighted by molar-refractivity contribution is -0.131. The van der Waals surface area contributed by atoms with Crippen molar-refractivity contribution in [3.8, 4) is 6.01 Å². The lowest BCUT2D eigenvalue weighted by Gasteiger charge is -2.32. The summed E-state index contributed by atoms with van der Waals surface area (Å²) in [5, 5.41) is 0. The number of nitrogens with zero attached hydrogens (tertiary/aromatic N) is 3. The minimum atomic E-state index is -0.0435. The summed E-state index contributed by atoms with van der Waals surface area (Å²) >= 11 is 4.96. The molecule has 1 aromatic carbocycles. The monoisotopic (exact) mass is 421 g/mol. The zero-order chi connectivity index (χ0) is 17.5. The predicted molar refractivity (Wildman–Crippen MR) is 103 cm³/mol. The highest BCUT2D eigenvalue weighted by atomic mass is 79.9. The van der Waals surface area contributed by atoms with Gasteiger partial charge in [0.2, 0.25) is 5.91 Å². The fourth-order valence-corrected chi connectivity index (χ4v) is 3.79. The van der Waals surface area contributed by atoms with E-state index in [0.29, 0.717) is 18.3 Å². The third-order valence-corrected chi connectivity index (χ3v) is 5.33. The largest absolute Gasteiger partial charge is 0.458 e. The van der Waals surface area contributed by atoms with Crippen LogP contribution in [0.3, 0.4) is 0 Å². The Hall–Kier alpha value is -1.60. The molecule has 1 aromatic heterocycles. The van der Waals surface area contributed by atoms with Gasteiger partial charge in [0.25, 0.3) is 0 Å². The van der Waals surface area contributed by atoms with Crippen molar-refractivity contribution in [2.24, 2.45) is 0 Å². The van der Waals surface area contributed by atoms with Crippen LogP contribution in [0.25, 0.3) is 0 Å². The molecule has 25 heavy (non-hydrogen) atoms. The molecular weight excluding hydrogens is 402 g/mol. The Kier molecular flexibility index (Phi) is 6.69. The van der Waals surface area contributed by atoms with Crippen LogP contribution in [0.4, 0.5) is 0 Å². The molecule has 0 bridgehead atoms. The summed E-state index contributed by atoms with van der Waals surface area (Å²) in [4.78, 5) is 22.6. The molecule has 0 radical (unpaired) electrons. The fourth-order valence-electron chi connectivity index (χ4n) is 2.69. The van der Waals surface area contributed by atoms with Gasteiger partial charge in [0.05, 0.1) is 16.8 Å². The molecule has 1 aliphatic rings. The molecule has 1 atom stereocenters. The smallest absolute Gasteiger partial charge is 0.316 e. The van der Waals surface area contributed by atoms with E-state index in [1.807, 2.05) is 23.1 Å². The average molecular weight is 422 g/mol. The van der Waals surface area contributed by atoms with Gasteiger partial charge in [-0.05, 0) is 34.3 Å². The number of carbonyl (C=O) groups excluding carboxylic acids is 1. The van der Waals surface area contributed by atoms with Crippen LogP contribution in [0.1, 0.15) is 18.4 Å². The molecular formula is C18H20BrN3O2S. The van der Waals surface area contributed by atoms with Crippen LogP contribution >= 0.6 is 27.7 Å². The zero-order valence-electron chi connectivity index (χ0n) is 13.8. The SMILES string of the molecule is O=C(CSCc1ccccc1)N1CCCC(Oc2ncc(Br)cn2)C1. The van der Waals surface area contributed by atoms with Gasteiger partial charge in [0.15, 0.2) is 0 Å². The third-order valence-electron chi connectivity index (χ3n) is 3.94. The zero-order valence-corrected chi connectivity index (χ0v) is 16.2. The number of hydrogen-bond donors (Lipinski definition) is 0. The Morgan fingerprint density at radius 2 is 2.04 bits per heavy atom. The van der Waals surface area contributed by atoms with Crippen LogP contribution in [-0.4, -0.2) is 45.7 Å². The van der Waals surface area contributed by atoms with Crippen LogP contribution in [0, 0.1) is 0 Å². The molecule has 2 heterocycles. The Bertz CT molecular complexity index is 684. The second-order valence-corrected chi connectivity index (χ2v) is 7.79. The Morgan fingerprint density at radius 3 is 2.80 bits per heavy atom. The van der Waals surface area contributed by atoms with E-state index < -0.39 is 0 Å². The van der Waals surface area contributed by atoms with E-state index in [4.69, 9.17) is 4.74 Å². The minimum absolute atomic E-state index is 0.0435. The summed E-state index contributed by atoms with van der Waals surface area (Å²) in [7, 11) is 0. The average Bonchev–Trinajstić information content (AvgIpc) is 2.65. The van der Waals surface area contributed by atoms with Gasteiger partial charge in [-0.2, -0.15) is 0 Å². The number of ether oxygens (including phenoxy) is 1. The number of thioether (sulfide) groups is 1. The number of rotatable bonds is 6. The molecule has 0 spiro atoms. The third kappa shape index (κ3) is 5.71. The molecule has 0 saturated carbocycles. The first-order valence-corrected chi connectivity index (χ1v) is 10.2. The molecule has 132 valence electrons. The number of hydrogen-bond acceptors (Lipinski definition) is 5. The molecule has 7 heteroatoms. The lowest BCUT2D eigenvalue weighted by Crippen LogP contribution is -2.45. The van der Waals surface area contributed by atoms with Crippen LogP contribution in [0.15, 0.2) is 47.2 Å². The molecule has 0 aliphatic carbocycles. The van der Waals surface area contributed by atoms with Crippen molar-refractivity contribution in [1.82, 2.24) is 14.9 Å². The molecule has 1 saturated heterocycles. The fraction of sp³-hybridized carbons (Fsp3) is 0.389. The van der Waals surface area contributed by atoms with Gasteiger partial charge < -0.3 is 9.64 Å². The van der Waals surface area contributed by atoms with Crippen molar-refractivity contribution in [1.29, 1.82) is 0 Å². The minimum Gasteiger partial charge on any atom is -0.458 e. The van der Waals surface area contributed by atoms with Gasteiger partial charge in [-0.15, -0.1) is 11.8 Å². The summed E-state index contributed by atoms with van der Waals surface area (Å²) in [5.41, 5.74) is 1.24. The highest BCUT2D eigenvalue weighted by Crippen LogP contribution is 2.18. The maximum absolute atomic E-state index is 12.4. The van der Waals surface area contributed by atoms with Gasteiger partial charge in [-0.3, -0.25) is 4.79 Å². The summed E-state index contributed by atoms with van der Waals surface area (Å²) in [5.74, 6) is 1.52. The van der Waals surface area contributed by atoms with Gasteiger partial charge in [-0.1, -0.05) is 30.3 Å². The van der Waals surface area contributed by atoms with E-state index in [1.165, 1.54) is 5.56 Å². The second kappa shape index (κ2) is 9.20. The van der Waals surface area contributed by atoms with Crippen molar-refractivity contribution < 1.29 is 9.53 Å². The normalized spacial score (nSPS) is 17.3. The molecule has 1 fully saturated rings. The van der Waals surface area contributed by atoms with Gasteiger partial charge in [0, 0.05) is 24.7 Å². The second-order valence-electron chi connectivity index (χ2n) is 5.88. The molecule has 1 unspecified atom stereocenters. The maximum atomic E-state index is 12.4. The van der Waals surface area contributed by atoms with Crippen LogP contribution < -0.4 is 4.74 Å². The van der Waals surface area contributed by atoms with Gasteiger partial charge in [0.1, 0.15) is 6.10 Å². The Balaban J connectivity index is 1.45. The van der Waals surface area contributed by atoms with E-state index in [-0.39, 0.29) is 12.0 Å². The molecule has 5 nitrogen and oxygen atoms in total. The molecule has 0 N–H and O–H groups in total. The number of amides is 1. The predicted octanol–water partition coefficient (Wildman–Crippen LogP) is 3.54. The van der Waals surface area contributed by atoms with E-state index in [1.54, 1.807) is 24.2 Å².